The van der Waals surface area contributed by atoms with Crippen molar-refractivity contribution >= 4 is 23.4 Å². The van der Waals surface area contributed by atoms with E-state index in [-0.39, 0.29) is 5.91 Å². The van der Waals surface area contributed by atoms with Crippen LogP contribution in [0.15, 0.2) is 18.2 Å². The fourth-order valence-corrected chi connectivity index (χ4v) is 3.58. The second kappa shape index (κ2) is 6.85. The maximum absolute atomic E-state index is 12.1. The van der Waals surface area contributed by atoms with Crippen LogP contribution in [-0.2, 0) is 0 Å². The zero-order valence-corrected chi connectivity index (χ0v) is 12.5. The highest BCUT2D eigenvalue weighted by Gasteiger charge is 2.15. The molecule has 0 spiro atoms. The van der Waals surface area contributed by atoms with Crippen LogP contribution in [0.5, 0.6) is 0 Å². The highest BCUT2D eigenvalue weighted by Crippen LogP contribution is 2.22. The number of carbonyl (C=O) groups excluding carboxylic acids is 1. The standard InChI is InChI=1S/C15H22N2OS/c1-11-9-13(3-4-14(11)16-2)15(18)17-10-12-5-7-19-8-6-12/h3-4,9,12,16H,5-8,10H2,1-2H3,(H,17,18). The van der Waals surface area contributed by atoms with Crippen LogP contribution in [0.3, 0.4) is 0 Å². The number of amides is 1. The molecule has 1 amide bonds. The Morgan fingerprint density at radius 2 is 2.11 bits per heavy atom. The first-order valence-corrected chi connectivity index (χ1v) is 8.00. The summed E-state index contributed by atoms with van der Waals surface area (Å²) in [5.74, 6) is 3.17. The van der Waals surface area contributed by atoms with Gasteiger partial charge in [0.1, 0.15) is 0 Å². The highest BCUT2D eigenvalue weighted by atomic mass is 32.2. The van der Waals surface area contributed by atoms with Gasteiger partial charge in [-0.1, -0.05) is 0 Å². The van der Waals surface area contributed by atoms with Crippen molar-refractivity contribution in [3.63, 3.8) is 0 Å². The van der Waals surface area contributed by atoms with Gasteiger partial charge in [0.2, 0.25) is 0 Å². The number of anilines is 1. The van der Waals surface area contributed by atoms with Gasteiger partial charge in [-0.2, -0.15) is 11.8 Å². The summed E-state index contributed by atoms with van der Waals surface area (Å²) < 4.78 is 0. The van der Waals surface area contributed by atoms with Gasteiger partial charge in [0.25, 0.3) is 5.91 Å². The molecule has 1 aromatic carbocycles. The zero-order chi connectivity index (χ0) is 13.7. The summed E-state index contributed by atoms with van der Waals surface area (Å²) >= 11 is 2.02. The first-order chi connectivity index (χ1) is 9.20. The number of carbonyl (C=O) groups is 1. The summed E-state index contributed by atoms with van der Waals surface area (Å²) in [5, 5.41) is 6.18. The molecule has 0 saturated carbocycles. The van der Waals surface area contributed by atoms with Gasteiger partial charge >= 0.3 is 0 Å². The van der Waals surface area contributed by atoms with E-state index in [1.807, 2.05) is 43.9 Å². The molecule has 0 atom stereocenters. The van der Waals surface area contributed by atoms with E-state index < -0.39 is 0 Å². The number of rotatable bonds is 4. The molecule has 4 heteroatoms. The topological polar surface area (TPSA) is 41.1 Å². The van der Waals surface area contributed by atoms with E-state index in [9.17, 15) is 4.79 Å². The summed E-state index contributed by atoms with van der Waals surface area (Å²) in [6.45, 7) is 2.83. The third-order valence-electron chi connectivity index (χ3n) is 3.65. The summed E-state index contributed by atoms with van der Waals surface area (Å²) in [6.07, 6.45) is 2.45. The normalized spacial score (nSPS) is 16.1. The van der Waals surface area contributed by atoms with E-state index in [1.165, 1.54) is 24.3 Å². The lowest BCUT2D eigenvalue weighted by molar-refractivity contribution is 0.0946. The smallest absolute Gasteiger partial charge is 0.251 e. The highest BCUT2D eigenvalue weighted by molar-refractivity contribution is 7.99. The minimum atomic E-state index is 0.0454. The molecule has 0 bridgehead atoms. The molecule has 2 N–H and O–H groups in total. The van der Waals surface area contributed by atoms with E-state index >= 15 is 0 Å². The van der Waals surface area contributed by atoms with Crippen molar-refractivity contribution < 1.29 is 4.79 Å². The Balaban J connectivity index is 1.90. The van der Waals surface area contributed by atoms with Crippen molar-refractivity contribution in [1.29, 1.82) is 0 Å². The van der Waals surface area contributed by atoms with Crippen LogP contribution in [0, 0.1) is 12.8 Å². The molecule has 1 heterocycles. The summed E-state index contributed by atoms with van der Waals surface area (Å²) in [7, 11) is 1.89. The molecule has 1 saturated heterocycles. The van der Waals surface area contributed by atoms with Crippen molar-refractivity contribution in [2.75, 3.05) is 30.4 Å². The number of nitrogens with one attached hydrogen (secondary N) is 2. The first kappa shape index (κ1) is 14.3. The van der Waals surface area contributed by atoms with Crippen molar-refractivity contribution in [2.45, 2.75) is 19.8 Å². The first-order valence-electron chi connectivity index (χ1n) is 6.85. The monoisotopic (exact) mass is 278 g/mol. The SMILES string of the molecule is CNc1ccc(C(=O)NCC2CCSCC2)cc1C. The molecule has 0 radical (unpaired) electrons. The fourth-order valence-electron chi connectivity index (χ4n) is 2.38. The molecule has 0 unspecified atom stereocenters. The van der Waals surface area contributed by atoms with E-state index in [2.05, 4.69) is 10.6 Å². The van der Waals surface area contributed by atoms with Crippen LogP contribution in [0.1, 0.15) is 28.8 Å². The number of hydrogen-bond donors (Lipinski definition) is 2. The van der Waals surface area contributed by atoms with Gasteiger partial charge in [-0.15, -0.1) is 0 Å². The van der Waals surface area contributed by atoms with Crippen LogP contribution >= 0.6 is 11.8 Å². The van der Waals surface area contributed by atoms with Crippen LogP contribution in [0.25, 0.3) is 0 Å². The molecule has 1 aromatic rings. The fraction of sp³-hybridized carbons (Fsp3) is 0.533. The molecule has 2 rings (SSSR count). The number of thioether (sulfide) groups is 1. The van der Waals surface area contributed by atoms with Crippen molar-refractivity contribution in [3.05, 3.63) is 29.3 Å². The van der Waals surface area contributed by atoms with Crippen LogP contribution in [-0.4, -0.2) is 31.0 Å². The van der Waals surface area contributed by atoms with Gasteiger partial charge in [-0.05, 0) is 61.0 Å². The van der Waals surface area contributed by atoms with E-state index in [1.54, 1.807) is 0 Å². The Bertz CT molecular complexity index is 442. The van der Waals surface area contributed by atoms with E-state index in [0.29, 0.717) is 5.92 Å². The number of benzene rings is 1. The largest absolute Gasteiger partial charge is 0.388 e. The maximum Gasteiger partial charge on any atom is 0.251 e. The lowest BCUT2D eigenvalue weighted by atomic mass is 10.0. The lowest BCUT2D eigenvalue weighted by Crippen LogP contribution is -2.31. The van der Waals surface area contributed by atoms with Crippen molar-refractivity contribution in [2.24, 2.45) is 5.92 Å². The van der Waals surface area contributed by atoms with Gasteiger partial charge < -0.3 is 10.6 Å². The Hall–Kier alpha value is -1.16. The predicted octanol–water partition coefficient (Wildman–Crippen LogP) is 2.91. The number of hydrogen-bond acceptors (Lipinski definition) is 3. The molecule has 1 aliphatic heterocycles. The minimum Gasteiger partial charge on any atom is -0.388 e. The van der Waals surface area contributed by atoms with Gasteiger partial charge in [-0.3, -0.25) is 4.79 Å². The minimum absolute atomic E-state index is 0.0454. The molecule has 1 fully saturated rings. The third-order valence-corrected chi connectivity index (χ3v) is 4.70. The van der Waals surface area contributed by atoms with Crippen molar-refractivity contribution in [1.82, 2.24) is 5.32 Å². The Kier molecular flexibility index (Phi) is 5.14. The summed E-state index contributed by atoms with van der Waals surface area (Å²) in [5.41, 5.74) is 2.92. The molecule has 0 aliphatic carbocycles. The van der Waals surface area contributed by atoms with Crippen LogP contribution < -0.4 is 10.6 Å². The summed E-state index contributed by atoms with van der Waals surface area (Å²) in [4.78, 5) is 12.1. The number of aryl methyl sites for hydroxylation is 1. The maximum atomic E-state index is 12.1. The zero-order valence-electron chi connectivity index (χ0n) is 11.7. The van der Waals surface area contributed by atoms with Crippen molar-refractivity contribution in [3.8, 4) is 0 Å². The average Bonchev–Trinajstić information content (AvgIpc) is 2.45. The third kappa shape index (κ3) is 3.90. The summed E-state index contributed by atoms with van der Waals surface area (Å²) in [6, 6.07) is 5.78. The van der Waals surface area contributed by atoms with Gasteiger partial charge in [0.15, 0.2) is 0 Å². The molecule has 1 aliphatic rings. The lowest BCUT2D eigenvalue weighted by Gasteiger charge is -2.21. The Morgan fingerprint density at radius 3 is 2.74 bits per heavy atom. The predicted molar refractivity (Wildman–Crippen MR) is 83.1 cm³/mol. The van der Waals surface area contributed by atoms with E-state index in [0.717, 1.165) is 23.4 Å². The molecule has 0 aromatic heterocycles. The quantitative estimate of drug-likeness (QED) is 0.890. The molecule has 3 nitrogen and oxygen atoms in total. The Labute approximate surface area is 119 Å². The van der Waals surface area contributed by atoms with Gasteiger partial charge in [-0.25, -0.2) is 0 Å². The average molecular weight is 278 g/mol. The van der Waals surface area contributed by atoms with Gasteiger partial charge in [0.05, 0.1) is 0 Å². The van der Waals surface area contributed by atoms with E-state index in [4.69, 9.17) is 0 Å². The molecular weight excluding hydrogens is 256 g/mol. The molecule has 19 heavy (non-hydrogen) atoms. The Morgan fingerprint density at radius 1 is 1.37 bits per heavy atom. The molecule has 104 valence electrons. The second-order valence-corrected chi connectivity index (χ2v) is 6.27. The van der Waals surface area contributed by atoms with Crippen LogP contribution in [0.4, 0.5) is 5.69 Å². The second-order valence-electron chi connectivity index (χ2n) is 5.05. The van der Waals surface area contributed by atoms with Crippen LogP contribution in [0.2, 0.25) is 0 Å². The molecular formula is C15H22N2OS. The van der Waals surface area contributed by atoms with Gasteiger partial charge in [0, 0.05) is 24.8 Å².